The van der Waals surface area contributed by atoms with E-state index in [-0.39, 0.29) is 18.1 Å². The first-order valence-electron chi connectivity index (χ1n) is 10.3. The number of benzene rings is 3. The number of amides is 3. The van der Waals surface area contributed by atoms with Crippen molar-refractivity contribution in [3.05, 3.63) is 92.8 Å². The molecule has 0 aliphatic carbocycles. The number of nitrogens with zero attached hydrogens (tertiary/aromatic N) is 1. The minimum atomic E-state index is -0.557. The van der Waals surface area contributed by atoms with Crippen LogP contribution in [0.2, 0.25) is 5.02 Å². The maximum absolute atomic E-state index is 13.1. The molecule has 4 rings (SSSR count). The maximum atomic E-state index is 13.1. The summed E-state index contributed by atoms with van der Waals surface area (Å²) in [5.74, 6) is 0.131. The van der Waals surface area contributed by atoms with Gasteiger partial charge in [-0.05, 0) is 72.7 Å². The third kappa shape index (κ3) is 5.24. The molecule has 1 saturated heterocycles. The summed E-state index contributed by atoms with van der Waals surface area (Å²) in [6.45, 7) is 2.46. The molecule has 3 aromatic carbocycles. The fraction of sp³-hybridized carbons (Fsp3) is 0.120. The van der Waals surface area contributed by atoms with Crippen LogP contribution in [0.4, 0.5) is 14.9 Å². The van der Waals surface area contributed by atoms with Gasteiger partial charge < -0.3 is 14.8 Å². The number of urea groups is 1. The number of nitrogens with one attached hydrogen (secondary N) is 1. The number of ether oxygens (including phenoxy) is 2. The second kappa shape index (κ2) is 10.3. The van der Waals surface area contributed by atoms with Crippen molar-refractivity contribution in [1.29, 1.82) is 0 Å². The molecule has 1 aliphatic heterocycles. The van der Waals surface area contributed by atoms with Gasteiger partial charge in [-0.25, -0.2) is 14.1 Å². The number of halogens is 3. The van der Waals surface area contributed by atoms with E-state index in [9.17, 15) is 14.0 Å². The van der Waals surface area contributed by atoms with Gasteiger partial charge in [0.2, 0.25) is 0 Å². The predicted octanol–water partition coefficient (Wildman–Crippen LogP) is 6.32. The van der Waals surface area contributed by atoms with Crippen molar-refractivity contribution in [3.63, 3.8) is 0 Å². The van der Waals surface area contributed by atoms with E-state index in [1.807, 2.05) is 6.92 Å². The number of rotatable bonds is 7. The Hall–Kier alpha value is -3.36. The molecule has 6 nitrogen and oxygen atoms in total. The van der Waals surface area contributed by atoms with Gasteiger partial charge in [0.15, 0.2) is 11.5 Å². The van der Waals surface area contributed by atoms with Crippen LogP contribution in [0.5, 0.6) is 11.5 Å². The van der Waals surface area contributed by atoms with Crippen molar-refractivity contribution in [2.75, 3.05) is 11.5 Å². The maximum Gasteiger partial charge on any atom is 0.333 e. The van der Waals surface area contributed by atoms with Gasteiger partial charge in [-0.3, -0.25) is 4.79 Å². The Morgan fingerprint density at radius 3 is 2.38 bits per heavy atom. The van der Waals surface area contributed by atoms with Gasteiger partial charge in [-0.2, -0.15) is 0 Å². The van der Waals surface area contributed by atoms with Crippen molar-refractivity contribution >= 4 is 51.2 Å². The van der Waals surface area contributed by atoms with E-state index in [0.29, 0.717) is 38.9 Å². The lowest BCUT2D eigenvalue weighted by Crippen LogP contribution is -2.30. The first-order valence-corrected chi connectivity index (χ1v) is 11.5. The lowest BCUT2D eigenvalue weighted by molar-refractivity contribution is -0.113. The Labute approximate surface area is 209 Å². The molecule has 174 valence electrons. The zero-order valence-electron chi connectivity index (χ0n) is 18.0. The molecular formula is C25H19BrClFN2O4. The molecule has 0 unspecified atom stereocenters. The van der Waals surface area contributed by atoms with Gasteiger partial charge in [0.25, 0.3) is 5.91 Å². The van der Waals surface area contributed by atoms with Gasteiger partial charge in [0.1, 0.15) is 18.1 Å². The third-order valence-electron chi connectivity index (χ3n) is 4.93. The molecular weight excluding hydrogens is 527 g/mol. The van der Waals surface area contributed by atoms with Crippen LogP contribution in [-0.4, -0.2) is 18.5 Å². The number of anilines is 1. The summed E-state index contributed by atoms with van der Waals surface area (Å²) in [4.78, 5) is 26.4. The summed E-state index contributed by atoms with van der Waals surface area (Å²) in [6.07, 6.45) is 1.56. The minimum Gasteiger partial charge on any atom is -0.490 e. The SMILES string of the molecule is CCOc1cc(/C=C2/NC(=O)N(c3ccc(Cl)cc3)C2=O)c(Br)cc1OCc1ccc(F)cc1. The summed E-state index contributed by atoms with van der Waals surface area (Å²) in [7, 11) is 0. The molecule has 34 heavy (non-hydrogen) atoms. The fourth-order valence-electron chi connectivity index (χ4n) is 3.30. The molecule has 0 atom stereocenters. The first kappa shape index (κ1) is 23.8. The molecule has 1 fully saturated rings. The normalized spacial score (nSPS) is 14.5. The molecule has 0 bridgehead atoms. The molecule has 9 heteroatoms. The molecule has 0 aromatic heterocycles. The van der Waals surface area contributed by atoms with Gasteiger partial charge >= 0.3 is 6.03 Å². The van der Waals surface area contributed by atoms with Crippen LogP contribution < -0.4 is 19.7 Å². The van der Waals surface area contributed by atoms with Crippen molar-refractivity contribution in [2.24, 2.45) is 0 Å². The molecule has 3 amide bonds. The van der Waals surface area contributed by atoms with Crippen LogP contribution in [0, 0.1) is 5.82 Å². The minimum absolute atomic E-state index is 0.114. The Morgan fingerprint density at radius 1 is 1.03 bits per heavy atom. The lowest BCUT2D eigenvalue weighted by Gasteiger charge is -2.14. The molecule has 1 aliphatic rings. The second-order valence-electron chi connectivity index (χ2n) is 7.27. The highest BCUT2D eigenvalue weighted by Gasteiger charge is 2.35. The molecule has 1 N–H and O–H groups in total. The number of imide groups is 1. The number of carbonyl (C=O) groups excluding carboxylic acids is 2. The number of hydrogen-bond acceptors (Lipinski definition) is 4. The second-order valence-corrected chi connectivity index (χ2v) is 8.56. The zero-order valence-corrected chi connectivity index (χ0v) is 20.3. The zero-order chi connectivity index (χ0) is 24.2. The summed E-state index contributed by atoms with van der Waals surface area (Å²) >= 11 is 9.40. The van der Waals surface area contributed by atoms with Crippen molar-refractivity contribution in [3.8, 4) is 11.5 Å². The van der Waals surface area contributed by atoms with Gasteiger partial charge in [0, 0.05) is 9.50 Å². The third-order valence-corrected chi connectivity index (χ3v) is 5.87. The van der Waals surface area contributed by atoms with E-state index >= 15 is 0 Å². The van der Waals surface area contributed by atoms with Gasteiger partial charge in [0.05, 0.1) is 12.3 Å². The number of hydrogen-bond donors (Lipinski definition) is 1. The Morgan fingerprint density at radius 2 is 1.71 bits per heavy atom. The van der Waals surface area contributed by atoms with Crippen LogP contribution in [0.25, 0.3) is 6.08 Å². The van der Waals surface area contributed by atoms with E-state index in [1.54, 1.807) is 54.6 Å². The average Bonchev–Trinajstić information content (AvgIpc) is 3.09. The lowest BCUT2D eigenvalue weighted by atomic mass is 10.1. The van der Waals surface area contributed by atoms with Gasteiger partial charge in [-0.15, -0.1) is 0 Å². The highest BCUT2D eigenvalue weighted by molar-refractivity contribution is 9.10. The smallest absolute Gasteiger partial charge is 0.333 e. The van der Waals surface area contributed by atoms with E-state index < -0.39 is 11.9 Å². The quantitative estimate of drug-likeness (QED) is 0.279. The van der Waals surface area contributed by atoms with Crippen molar-refractivity contribution in [2.45, 2.75) is 13.5 Å². The van der Waals surface area contributed by atoms with Crippen LogP contribution >= 0.6 is 27.5 Å². The predicted molar refractivity (Wildman–Crippen MR) is 131 cm³/mol. The first-order chi connectivity index (χ1) is 16.4. The Bertz CT molecular complexity index is 1260. The Kier molecular flexibility index (Phi) is 7.19. The summed E-state index contributed by atoms with van der Waals surface area (Å²) in [6, 6.07) is 15.3. The van der Waals surface area contributed by atoms with E-state index in [2.05, 4.69) is 21.2 Å². The summed E-state index contributed by atoms with van der Waals surface area (Å²) in [5, 5.41) is 3.10. The highest BCUT2D eigenvalue weighted by atomic mass is 79.9. The van der Waals surface area contributed by atoms with E-state index in [1.165, 1.54) is 12.1 Å². The Balaban J connectivity index is 1.59. The van der Waals surface area contributed by atoms with E-state index in [4.69, 9.17) is 21.1 Å². The highest BCUT2D eigenvalue weighted by Crippen LogP contribution is 2.36. The average molecular weight is 546 g/mol. The van der Waals surface area contributed by atoms with Gasteiger partial charge in [-0.1, -0.05) is 39.7 Å². The molecule has 0 saturated carbocycles. The number of carbonyl (C=O) groups is 2. The summed E-state index contributed by atoms with van der Waals surface area (Å²) < 4.78 is 25.4. The van der Waals surface area contributed by atoms with Crippen LogP contribution in [-0.2, 0) is 11.4 Å². The standard InChI is InChI=1S/C25H19BrClFN2O4/c1-2-33-22-12-16(20(26)13-23(22)34-14-15-3-7-18(28)8-4-15)11-21-24(31)30(25(32)29-21)19-9-5-17(27)6-10-19/h3-13H,2,14H2,1H3,(H,29,32)/b21-11+. The largest absolute Gasteiger partial charge is 0.490 e. The van der Waals surface area contributed by atoms with Crippen LogP contribution in [0.1, 0.15) is 18.1 Å². The molecule has 3 aromatic rings. The summed E-state index contributed by atoms with van der Waals surface area (Å²) in [5.41, 5.74) is 1.93. The topological polar surface area (TPSA) is 67.9 Å². The monoisotopic (exact) mass is 544 g/mol. The van der Waals surface area contributed by atoms with Crippen molar-refractivity contribution in [1.82, 2.24) is 5.32 Å². The van der Waals surface area contributed by atoms with E-state index in [0.717, 1.165) is 10.5 Å². The molecule has 0 spiro atoms. The fourth-order valence-corrected chi connectivity index (χ4v) is 3.86. The van der Waals surface area contributed by atoms with Crippen LogP contribution in [0.15, 0.2) is 70.8 Å². The van der Waals surface area contributed by atoms with Crippen LogP contribution in [0.3, 0.4) is 0 Å². The van der Waals surface area contributed by atoms with Crippen molar-refractivity contribution < 1.29 is 23.5 Å². The molecule has 0 radical (unpaired) electrons. The molecule has 1 heterocycles.